The minimum atomic E-state index is -0.669. The maximum Gasteiger partial charge on any atom is 0.248 e. The lowest BCUT2D eigenvalue weighted by molar-refractivity contribution is 0.0282. The molecule has 1 aromatic heterocycles. The summed E-state index contributed by atoms with van der Waals surface area (Å²) in [4.78, 5) is 11.1. The molecule has 6 heteroatoms. The van der Waals surface area contributed by atoms with Gasteiger partial charge in [-0.25, -0.2) is 0 Å². The number of hydrogen-bond donors (Lipinski definition) is 3. The standard InChI is InChI=1S/C15H18N2O4/c16-15(19)11-3-1-4-12(7-11)17-8-13(18)9-20-10-14-5-2-6-21-14/h1-7,13,17-18H,8-10H2,(H2,16,19). The molecule has 0 aliphatic heterocycles. The van der Waals surface area contributed by atoms with Gasteiger partial charge >= 0.3 is 0 Å². The Morgan fingerprint density at radius 1 is 1.38 bits per heavy atom. The molecule has 1 amide bonds. The average molecular weight is 290 g/mol. The molecular weight excluding hydrogens is 272 g/mol. The van der Waals surface area contributed by atoms with E-state index in [0.29, 0.717) is 24.5 Å². The lowest BCUT2D eigenvalue weighted by atomic mass is 10.2. The fourth-order valence-electron chi connectivity index (χ4n) is 1.77. The molecule has 0 radical (unpaired) electrons. The van der Waals surface area contributed by atoms with E-state index in [1.165, 1.54) is 0 Å². The van der Waals surface area contributed by atoms with Gasteiger partial charge in [-0.05, 0) is 30.3 Å². The fraction of sp³-hybridized carbons (Fsp3) is 0.267. The van der Waals surface area contributed by atoms with E-state index in [1.807, 2.05) is 0 Å². The van der Waals surface area contributed by atoms with Crippen molar-refractivity contribution in [1.29, 1.82) is 0 Å². The summed E-state index contributed by atoms with van der Waals surface area (Å²) in [6.45, 7) is 0.810. The van der Waals surface area contributed by atoms with Gasteiger partial charge < -0.3 is 25.3 Å². The number of nitrogens with two attached hydrogens (primary N) is 1. The fourth-order valence-corrected chi connectivity index (χ4v) is 1.77. The zero-order valence-electron chi connectivity index (χ0n) is 11.5. The first kappa shape index (κ1) is 15.1. The van der Waals surface area contributed by atoms with Crippen molar-refractivity contribution < 1.29 is 19.1 Å². The van der Waals surface area contributed by atoms with Crippen LogP contribution in [0.5, 0.6) is 0 Å². The van der Waals surface area contributed by atoms with Gasteiger partial charge in [-0.1, -0.05) is 6.07 Å². The first-order chi connectivity index (χ1) is 10.1. The van der Waals surface area contributed by atoms with E-state index in [-0.39, 0.29) is 6.61 Å². The third-order valence-electron chi connectivity index (χ3n) is 2.82. The Kier molecular flexibility index (Phi) is 5.36. The second-order valence-electron chi connectivity index (χ2n) is 4.57. The Labute approximate surface area is 122 Å². The van der Waals surface area contributed by atoms with Crippen LogP contribution in [0, 0.1) is 0 Å². The number of hydrogen-bond acceptors (Lipinski definition) is 5. The minimum Gasteiger partial charge on any atom is -0.467 e. The third-order valence-corrected chi connectivity index (χ3v) is 2.82. The molecule has 1 atom stereocenters. The largest absolute Gasteiger partial charge is 0.467 e. The highest BCUT2D eigenvalue weighted by Gasteiger charge is 2.06. The second-order valence-corrected chi connectivity index (χ2v) is 4.57. The molecule has 0 aliphatic rings. The van der Waals surface area contributed by atoms with Crippen LogP contribution in [0.25, 0.3) is 0 Å². The molecule has 1 unspecified atom stereocenters. The average Bonchev–Trinajstić information content (AvgIpc) is 2.99. The van der Waals surface area contributed by atoms with Crippen molar-refractivity contribution in [2.75, 3.05) is 18.5 Å². The minimum absolute atomic E-state index is 0.184. The lowest BCUT2D eigenvalue weighted by Crippen LogP contribution is -2.25. The number of carbonyl (C=O) groups is 1. The highest BCUT2D eigenvalue weighted by atomic mass is 16.5. The normalized spacial score (nSPS) is 12.0. The van der Waals surface area contributed by atoms with E-state index in [4.69, 9.17) is 14.9 Å². The highest BCUT2D eigenvalue weighted by molar-refractivity contribution is 5.93. The van der Waals surface area contributed by atoms with Crippen molar-refractivity contribution in [3.63, 3.8) is 0 Å². The molecule has 2 aromatic rings. The van der Waals surface area contributed by atoms with Gasteiger partial charge in [0.1, 0.15) is 12.4 Å². The molecule has 112 valence electrons. The summed E-state index contributed by atoms with van der Waals surface area (Å²) in [5, 5.41) is 12.8. The van der Waals surface area contributed by atoms with Crippen LogP contribution in [-0.4, -0.2) is 30.3 Å². The van der Waals surface area contributed by atoms with Gasteiger partial charge in [-0.2, -0.15) is 0 Å². The van der Waals surface area contributed by atoms with Crippen LogP contribution in [0.4, 0.5) is 5.69 Å². The molecule has 0 aliphatic carbocycles. The van der Waals surface area contributed by atoms with Crippen LogP contribution in [0.15, 0.2) is 47.1 Å². The Morgan fingerprint density at radius 2 is 2.24 bits per heavy atom. The Bertz CT molecular complexity index is 569. The molecule has 1 heterocycles. The predicted octanol–water partition coefficient (Wildman–Crippen LogP) is 1.37. The number of nitrogens with one attached hydrogen (secondary N) is 1. The first-order valence-corrected chi connectivity index (χ1v) is 6.57. The van der Waals surface area contributed by atoms with Gasteiger partial charge in [0.25, 0.3) is 0 Å². The number of anilines is 1. The quantitative estimate of drug-likeness (QED) is 0.682. The maximum atomic E-state index is 11.1. The first-order valence-electron chi connectivity index (χ1n) is 6.57. The van der Waals surface area contributed by atoms with Crippen LogP contribution in [0.3, 0.4) is 0 Å². The smallest absolute Gasteiger partial charge is 0.248 e. The number of ether oxygens (including phenoxy) is 1. The van der Waals surface area contributed by atoms with Crippen LogP contribution in [0.2, 0.25) is 0 Å². The van der Waals surface area contributed by atoms with Crippen molar-refractivity contribution in [2.45, 2.75) is 12.7 Å². The molecular formula is C15H18N2O4. The Balaban J connectivity index is 1.72. The summed E-state index contributed by atoms with van der Waals surface area (Å²) in [5.41, 5.74) is 6.34. The van der Waals surface area contributed by atoms with Crippen LogP contribution in [0.1, 0.15) is 16.1 Å². The number of aliphatic hydroxyl groups excluding tert-OH is 1. The van der Waals surface area contributed by atoms with Crippen molar-refractivity contribution in [3.8, 4) is 0 Å². The lowest BCUT2D eigenvalue weighted by Gasteiger charge is -2.13. The van der Waals surface area contributed by atoms with E-state index < -0.39 is 12.0 Å². The zero-order chi connectivity index (χ0) is 15.1. The van der Waals surface area contributed by atoms with E-state index in [2.05, 4.69) is 5.32 Å². The van der Waals surface area contributed by atoms with Gasteiger partial charge in [0.05, 0.1) is 19.0 Å². The SMILES string of the molecule is NC(=O)c1cccc(NCC(O)COCc2ccco2)c1. The monoisotopic (exact) mass is 290 g/mol. The van der Waals surface area contributed by atoms with Crippen molar-refractivity contribution in [1.82, 2.24) is 0 Å². The summed E-state index contributed by atoms with van der Waals surface area (Å²) in [7, 11) is 0. The van der Waals surface area contributed by atoms with Gasteiger partial charge in [0, 0.05) is 17.8 Å². The van der Waals surface area contributed by atoms with Gasteiger partial charge in [-0.15, -0.1) is 0 Å². The third kappa shape index (κ3) is 4.94. The van der Waals surface area contributed by atoms with Gasteiger partial charge in [-0.3, -0.25) is 4.79 Å². The molecule has 2 rings (SSSR count). The second kappa shape index (κ2) is 7.47. The van der Waals surface area contributed by atoms with Crippen molar-refractivity contribution in [3.05, 3.63) is 54.0 Å². The van der Waals surface area contributed by atoms with Crippen LogP contribution in [-0.2, 0) is 11.3 Å². The van der Waals surface area contributed by atoms with Crippen LogP contribution < -0.4 is 11.1 Å². The molecule has 0 saturated heterocycles. The summed E-state index contributed by atoms with van der Waals surface area (Å²) in [6, 6.07) is 10.4. The summed E-state index contributed by atoms with van der Waals surface area (Å²) < 4.78 is 10.4. The maximum absolute atomic E-state index is 11.1. The molecule has 21 heavy (non-hydrogen) atoms. The summed E-state index contributed by atoms with van der Waals surface area (Å²) in [6.07, 6.45) is 0.903. The summed E-state index contributed by atoms with van der Waals surface area (Å²) in [5.74, 6) is 0.227. The van der Waals surface area contributed by atoms with E-state index in [1.54, 1.807) is 42.7 Å². The van der Waals surface area contributed by atoms with Gasteiger partial charge in [0.2, 0.25) is 5.91 Å². The van der Waals surface area contributed by atoms with Gasteiger partial charge in [0.15, 0.2) is 0 Å². The Morgan fingerprint density at radius 3 is 2.95 bits per heavy atom. The number of furan rings is 1. The number of benzene rings is 1. The van der Waals surface area contributed by atoms with Crippen molar-refractivity contribution in [2.24, 2.45) is 5.73 Å². The summed E-state index contributed by atoms with van der Waals surface area (Å²) >= 11 is 0. The number of amides is 1. The molecule has 0 fully saturated rings. The molecule has 4 N–H and O–H groups in total. The van der Waals surface area contributed by atoms with E-state index >= 15 is 0 Å². The predicted molar refractivity (Wildman–Crippen MR) is 77.8 cm³/mol. The number of carbonyl (C=O) groups excluding carboxylic acids is 1. The highest BCUT2D eigenvalue weighted by Crippen LogP contribution is 2.10. The zero-order valence-corrected chi connectivity index (χ0v) is 11.5. The van der Waals surface area contributed by atoms with E-state index in [0.717, 1.165) is 5.69 Å². The molecule has 0 spiro atoms. The molecule has 0 saturated carbocycles. The van der Waals surface area contributed by atoms with E-state index in [9.17, 15) is 9.90 Å². The number of aliphatic hydroxyl groups is 1. The number of primary amides is 1. The molecule has 0 bridgehead atoms. The topological polar surface area (TPSA) is 97.7 Å². The molecule has 1 aromatic carbocycles. The Hall–Kier alpha value is -2.31. The van der Waals surface area contributed by atoms with Crippen LogP contribution >= 0.6 is 0 Å². The number of rotatable bonds is 8. The molecule has 6 nitrogen and oxygen atoms in total. The van der Waals surface area contributed by atoms with Crippen molar-refractivity contribution >= 4 is 11.6 Å².